The fourth-order valence-electron chi connectivity index (χ4n) is 2.84. The monoisotopic (exact) mass is 360 g/mol. The zero-order valence-electron chi connectivity index (χ0n) is 15.3. The van der Waals surface area contributed by atoms with Crippen LogP contribution in [0.1, 0.15) is 29.9 Å². The van der Waals surface area contributed by atoms with E-state index in [-0.39, 0.29) is 18.4 Å². The van der Waals surface area contributed by atoms with Crippen LogP contribution in [-0.2, 0) is 22.6 Å². The first-order chi connectivity index (χ1) is 12.5. The molecule has 9 heteroatoms. The van der Waals surface area contributed by atoms with Crippen molar-refractivity contribution in [3.63, 3.8) is 0 Å². The molecule has 140 valence electrons. The first-order valence-electron chi connectivity index (χ1n) is 8.80. The number of hydrogen-bond acceptors (Lipinski definition) is 5. The van der Waals surface area contributed by atoms with E-state index in [1.807, 2.05) is 20.8 Å². The summed E-state index contributed by atoms with van der Waals surface area (Å²) < 4.78 is 9.03. The van der Waals surface area contributed by atoms with Gasteiger partial charge in [-0.25, -0.2) is 0 Å². The summed E-state index contributed by atoms with van der Waals surface area (Å²) in [7, 11) is 0. The van der Waals surface area contributed by atoms with Gasteiger partial charge in [-0.15, -0.1) is 0 Å². The summed E-state index contributed by atoms with van der Waals surface area (Å²) in [4.78, 5) is 26.8. The molecule has 1 N–H and O–H groups in total. The van der Waals surface area contributed by atoms with E-state index >= 15 is 0 Å². The molecule has 1 fully saturated rings. The highest BCUT2D eigenvalue weighted by molar-refractivity contribution is 5.97. The molecule has 0 bridgehead atoms. The molecule has 1 saturated heterocycles. The molecule has 0 aliphatic carbocycles. The minimum absolute atomic E-state index is 0.138. The van der Waals surface area contributed by atoms with E-state index in [0.717, 1.165) is 12.2 Å². The van der Waals surface area contributed by atoms with Crippen molar-refractivity contribution >= 4 is 17.5 Å². The van der Waals surface area contributed by atoms with Crippen LogP contribution in [0.15, 0.2) is 18.6 Å². The minimum atomic E-state index is -0.710. The molecule has 0 spiro atoms. The quantitative estimate of drug-likeness (QED) is 0.855. The Hall–Kier alpha value is -2.68. The first-order valence-corrected chi connectivity index (χ1v) is 8.80. The Kier molecular flexibility index (Phi) is 5.36. The van der Waals surface area contributed by atoms with E-state index in [1.165, 1.54) is 0 Å². The van der Waals surface area contributed by atoms with Gasteiger partial charge >= 0.3 is 0 Å². The Morgan fingerprint density at radius 3 is 2.69 bits per heavy atom. The molecule has 0 aromatic carbocycles. The van der Waals surface area contributed by atoms with E-state index in [9.17, 15) is 9.59 Å². The van der Waals surface area contributed by atoms with Crippen LogP contribution in [0, 0.1) is 6.92 Å². The number of amides is 2. The minimum Gasteiger partial charge on any atom is -0.365 e. The maximum Gasteiger partial charge on any atom is 0.257 e. The molecule has 0 saturated carbocycles. The highest BCUT2D eigenvalue weighted by atomic mass is 16.5. The van der Waals surface area contributed by atoms with E-state index in [2.05, 4.69) is 15.5 Å². The maximum atomic E-state index is 12.6. The van der Waals surface area contributed by atoms with Crippen molar-refractivity contribution < 1.29 is 14.3 Å². The van der Waals surface area contributed by atoms with Crippen molar-refractivity contribution in [1.82, 2.24) is 24.5 Å². The smallest absolute Gasteiger partial charge is 0.257 e. The molecule has 3 heterocycles. The molecule has 26 heavy (non-hydrogen) atoms. The standard InChI is InChI=1S/C17H24N6O3/c1-4-22-9-13(8-18-22)17(25)21-6-7-26-15(11-21)16(24)19-14-10-23(5-2)20-12(14)3/h8-10,15H,4-7,11H2,1-3H3,(H,19,24). The molecular formula is C17H24N6O3. The number of carbonyl (C=O) groups is 2. The van der Waals surface area contributed by atoms with Crippen LogP contribution < -0.4 is 5.32 Å². The largest absolute Gasteiger partial charge is 0.365 e. The first kappa shape index (κ1) is 18.1. The van der Waals surface area contributed by atoms with E-state index in [0.29, 0.717) is 30.9 Å². The van der Waals surface area contributed by atoms with Crippen LogP contribution in [0.4, 0.5) is 5.69 Å². The zero-order chi connectivity index (χ0) is 18.7. The van der Waals surface area contributed by atoms with Gasteiger partial charge in [-0.2, -0.15) is 10.2 Å². The van der Waals surface area contributed by atoms with Crippen molar-refractivity contribution in [2.24, 2.45) is 0 Å². The van der Waals surface area contributed by atoms with Crippen molar-refractivity contribution in [1.29, 1.82) is 0 Å². The third-order valence-corrected chi connectivity index (χ3v) is 4.38. The highest BCUT2D eigenvalue weighted by Gasteiger charge is 2.30. The van der Waals surface area contributed by atoms with Crippen molar-refractivity contribution in [2.75, 3.05) is 25.0 Å². The van der Waals surface area contributed by atoms with Gasteiger partial charge in [0.05, 0.1) is 36.3 Å². The predicted octanol–water partition coefficient (Wildman–Crippen LogP) is 0.908. The van der Waals surface area contributed by atoms with Gasteiger partial charge in [-0.05, 0) is 20.8 Å². The molecule has 3 rings (SSSR count). The molecule has 9 nitrogen and oxygen atoms in total. The number of aromatic nitrogens is 4. The lowest BCUT2D eigenvalue weighted by molar-refractivity contribution is -0.131. The number of nitrogens with zero attached hydrogens (tertiary/aromatic N) is 5. The fraction of sp³-hybridized carbons (Fsp3) is 0.529. The van der Waals surface area contributed by atoms with E-state index in [1.54, 1.807) is 32.9 Å². The summed E-state index contributed by atoms with van der Waals surface area (Å²) in [5, 5.41) is 11.3. The number of hydrogen-bond donors (Lipinski definition) is 1. The summed E-state index contributed by atoms with van der Waals surface area (Å²) in [5.41, 5.74) is 1.93. The second-order valence-electron chi connectivity index (χ2n) is 6.17. The van der Waals surface area contributed by atoms with Crippen LogP contribution >= 0.6 is 0 Å². The summed E-state index contributed by atoms with van der Waals surface area (Å²) >= 11 is 0. The number of nitrogens with one attached hydrogen (secondary N) is 1. The Bertz CT molecular complexity index is 796. The Morgan fingerprint density at radius 2 is 2.04 bits per heavy atom. The maximum absolute atomic E-state index is 12.6. The molecule has 2 aromatic rings. The van der Waals surface area contributed by atoms with Crippen molar-refractivity contribution in [3.05, 3.63) is 29.8 Å². The molecule has 1 unspecified atom stereocenters. The van der Waals surface area contributed by atoms with E-state index < -0.39 is 6.10 Å². The predicted molar refractivity (Wildman–Crippen MR) is 94.8 cm³/mol. The second kappa shape index (κ2) is 7.69. The average molecular weight is 360 g/mol. The number of morpholine rings is 1. The van der Waals surface area contributed by atoms with Crippen LogP contribution in [-0.4, -0.2) is 62.1 Å². The molecule has 1 aliphatic heterocycles. The van der Waals surface area contributed by atoms with Crippen molar-refractivity contribution in [3.8, 4) is 0 Å². The summed E-state index contributed by atoms with van der Waals surface area (Å²) in [6.45, 7) is 8.18. The third kappa shape index (κ3) is 3.77. The lowest BCUT2D eigenvalue weighted by Crippen LogP contribution is -2.50. The van der Waals surface area contributed by atoms with Crippen LogP contribution in [0.25, 0.3) is 0 Å². The van der Waals surface area contributed by atoms with Gasteiger partial charge in [0.1, 0.15) is 0 Å². The van der Waals surface area contributed by atoms with Crippen LogP contribution in [0.2, 0.25) is 0 Å². The van der Waals surface area contributed by atoms with Gasteiger partial charge in [0.25, 0.3) is 11.8 Å². The Balaban J connectivity index is 1.64. The zero-order valence-corrected chi connectivity index (χ0v) is 15.3. The number of carbonyl (C=O) groups excluding carboxylic acids is 2. The van der Waals surface area contributed by atoms with Crippen molar-refractivity contribution in [2.45, 2.75) is 40.0 Å². The Labute approximate surface area is 151 Å². The van der Waals surface area contributed by atoms with Gasteiger partial charge in [0.15, 0.2) is 6.10 Å². The van der Waals surface area contributed by atoms with Gasteiger partial charge in [-0.3, -0.25) is 19.0 Å². The highest BCUT2D eigenvalue weighted by Crippen LogP contribution is 2.16. The fourth-order valence-corrected chi connectivity index (χ4v) is 2.84. The topological polar surface area (TPSA) is 94.3 Å². The molecular weight excluding hydrogens is 336 g/mol. The number of anilines is 1. The number of aryl methyl sites for hydroxylation is 3. The summed E-state index contributed by atoms with van der Waals surface area (Å²) in [5.74, 6) is -0.411. The SMILES string of the molecule is CCn1cc(C(=O)N2CCOC(C(=O)Nc3cn(CC)nc3C)C2)cn1. The lowest BCUT2D eigenvalue weighted by Gasteiger charge is -2.31. The van der Waals surface area contributed by atoms with Crippen LogP contribution in [0.5, 0.6) is 0 Å². The number of ether oxygens (including phenoxy) is 1. The number of rotatable bonds is 5. The normalized spacial score (nSPS) is 17.3. The van der Waals surface area contributed by atoms with Crippen LogP contribution in [0.3, 0.4) is 0 Å². The molecule has 1 atom stereocenters. The van der Waals surface area contributed by atoms with E-state index in [4.69, 9.17) is 4.74 Å². The molecule has 1 aliphatic rings. The van der Waals surface area contributed by atoms with Gasteiger partial charge in [0, 0.05) is 32.0 Å². The molecule has 0 radical (unpaired) electrons. The summed E-state index contributed by atoms with van der Waals surface area (Å²) in [6, 6.07) is 0. The van der Waals surface area contributed by atoms with Gasteiger partial charge < -0.3 is 15.0 Å². The lowest BCUT2D eigenvalue weighted by atomic mass is 10.2. The third-order valence-electron chi connectivity index (χ3n) is 4.38. The van der Waals surface area contributed by atoms with Gasteiger partial charge in [0.2, 0.25) is 0 Å². The molecule has 2 amide bonds. The Morgan fingerprint density at radius 1 is 1.27 bits per heavy atom. The van der Waals surface area contributed by atoms with Gasteiger partial charge in [-0.1, -0.05) is 0 Å². The molecule has 2 aromatic heterocycles. The second-order valence-corrected chi connectivity index (χ2v) is 6.17. The average Bonchev–Trinajstić information content (AvgIpc) is 3.28. The summed E-state index contributed by atoms with van der Waals surface area (Å²) in [6.07, 6.45) is 4.35.